The van der Waals surface area contributed by atoms with Gasteiger partial charge in [0.1, 0.15) is 0 Å². The van der Waals surface area contributed by atoms with Gasteiger partial charge in [-0.2, -0.15) is 0 Å². The van der Waals surface area contributed by atoms with E-state index in [0.717, 1.165) is 16.7 Å². The minimum Gasteiger partial charge on any atom is -0.291 e. The van der Waals surface area contributed by atoms with Crippen LogP contribution in [-0.4, -0.2) is 21.9 Å². The third-order valence-electron chi connectivity index (χ3n) is 3.97. The Labute approximate surface area is 171 Å². The summed E-state index contributed by atoms with van der Waals surface area (Å²) in [6, 6.07) is 9.88. The Morgan fingerprint density at radius 2 is 1.68 bits per heavy atom. The van der Waals surface area contributed by atoms with Crippen LogP contribution in [0.1, 0.15) is 21.5 Å². The summed E-state index contributed by atoms with van der Waals surface area (Å²) >= 11 is 11.9. The lowest BCUT2D eigenvalue weighted by atomic mass is 10.0. The molecule has 0 atom stereocenters. The van der Waals surface area contributed by atoms with Crippen LogP contribution in [0.15, 0.2) is 48.8 Å². The zero-order valence-corrected chi connectivity index (χ0v) is 16.6. The van der Waals surface area contributed by atoms with Crippen LogP contribution in [0.2, 0.25) is 10.0 Å². The molecule has 0 saturated carbocycles. The fraction of sp³-hybridized carbons (Fsp3) is 0.100. The summed E-state index contributed by atoms with van der Waals surface area (Å²) in [4.78, 5) is 32.8. The van der Waals surface area contributed by atoms with E-state index in [-0.39, 0.29) is 21.4 Å². The first-order valence-corrected chi connectivity index (χ1v) is 9.07. The van der Waals surface area contributed by atoms with Crippen molar-refractivity contribution in [1.29, 1.82) is 0 Å². The van der Waals surface area contributed by atoms with Crippen molar-refractivity contribution in [2.45, 2.75) is 13.8 Å². The summed E-state index contributed by atoms with van der Waals surface area (Å²) in [5.41, 5.74) is 3.90. The molecule has 6 nitrogen and oxygen atoms in total. The van der Waals surface area contributed by atoms with E-state index in [1.165, 1.54) is 18.3 Å². The molecule has 0 saturated heterocycles. The molecule has 2 N–H and O–H groups in total. The standard InChI is InChI=1S/C20H16Cl2N4O2/c1-11-6-7-13(12(2)8-11)16-9-24-17(10-23-16)25-20(28)26-19(27)18-14(21)4-3-5-15(18)22/h3-10H,1-2H3,(H2,24,25,26,27,28). The second-order valence-corrected chi connectivity index (χ2v) is 6.92. The van der Waals surface area contributed by atoms with E-state index in [2.05, 4.69) is 26.7 Å². The van der Waals surface area contributed by atoms with Crippen molar-refractivity contribution in [3.8, 4) is 11.3 Å². The molecule has 1 heterocycles. The summed E-state index contributed by atoms with van der Waals surface area (Å²) < 4.78 is 0. The average molecular weight is 415 g/mol. The average Bonchev–Trinajstić information content (AvgIpc) is 2.62. The van der Waals surface area contributed by atoms with Gasteiger partial charge in [-0.25, -0.2) is 9.78 Å². The summed E-state index contributed by atoms with van der Waals surface area (Å²) in [6.07, 6.45) is 2.97. The molecule has 0 bridgehead atoms. The highest BCUT2D eigenvalue weighted by molar-refractivity contribution is 6.40. The second kappa shape index (κ2) is 8.37. The van der Waals surface area contributed by atoms with E-state index in [4.69, 9.17) is 23.2 Å². The van der Waals surface area contributed by atoms with Gasteiger partial charge >= 0.3 is 6.03 Å². The van der Waals surface area contributed by atoms with Gasteiger partial charge in [-0.15, -0.1) is 0 Å². The predicted molar refractivity (Wildman–Crippen MR) is 110 cm³/mol. The van der Waals surface area contributed by atoms with Gasteiger partial charge in [0.05, 0.1) is 33.7 Å². The van der Waals surface area contributed by atoms with Crippen LogP contribution < -0.4 is 10.6 Å². The Balaban J connectivity index is 1.68. The fourth-order valence-corrected chi connectivity index (χ4v) is 3.23. The number of carbonyl (C=O) groups is 2. The van der Waals surface area contributed by atoms with E-state index in [1.807, 2.05) is 26.0 Å². The first kappa shape index (κ1) is 19.8. The van der Waals surface area contributed by atoms with Crippen LogP contribution in [0.5, 0.6) is 0 Å². The van der Waals surface area contributed by atoms with E-state index in [1.54, 1.807) is 12.3 Å². The first-order chi connectivity index (χ1) is 13.3. The highest BCUT2D eigenvalue weighted by Gasteiger charge is 2.17. The molecule has 1 aromatic heterocycles. The fourth-order valence-electron chi connectivity index (χ4n) is 2.66. The quantitative estimate of drug-likeness (QED) is 0.629. The lowest BCUT2D eigenvalue weighted by molar-refractivity contribution is 0.0967. The molecule has 0 fully saturated rings. The number of anilines is 1. The molecular weight excluding hydrogens is 399 g/mol. The minimum atomic E-state index is -0.769. The second-order valence-electron chi connectivity index (χ2n) is 6.11. The molecule has 3 amide bonds. The molecule has 3 rings (SSSR count). The van der Waals surface area contributed by atoms with Gasteiger partial charge in [-0.05, 0) is 31.5 Å². The molecule has 0 radical (unpaired) electrons. The number of urea groups is 1. The highest BCUT2D eigenvalue weighted by atomic mass is 35.5. The van der Waals surface area contributed by atoms with Crippen molar-refractivity contribution in [3.63, 3.8) is 0 Å². The van der Waals surface area contributed by atoms with Crippen molar-refractivity contribution >= 4 is 41.0 Å². The zero-order chi connectivity index (χ0) is 20.3. The number of amides is 3. The van der Waals surface area contributed by atoms with E-state index >= 15 is 0 Å². The van der Waals surface area contributed by atoms with E-state index in [9.17, 15) is 9.59 Å². The Kier molecular flexibility index (Phi) is 5.92. The van der Waals surface area contributed by atoms with Crippen LogP contribution in [0.4, 0.5) is 10.6 Å². The Morgan fingerprint density at radius 3 is 2.29 bits per heavy atom. The molecule has 3 aromatic rings. The SMILES string of the molecule is Cc1ccc(-c2cnc(NC(=O)NC(=O)c3c(Cl)cccc3Cl)cn2)c(C)c1. The van der Waals surface area contributed by atoms with Crippen molar-refractivity contribution in [1.82, 2.24) is 15.3 Å². The lowest BCUT2D eigenvalue weighted by Crippen LogP contribution is -2.35. The zero-order valence-electron chi connectivity index (χ0n) is 15.1. The third-order valence-corrected chi connectivity index (χ3v) is 4.60. The summed E-state index contributed by atoms with van der Waals surface area (Å²) in [6.45, 7) is 4.01. The molecule has 2 aromatic carbocycles. The largest absolute Gasteiger partial charge is 0.327 e. The molecule has 28 heavy (non-hydrogen) atoms. The highest BCUT2D eigenvalue weighted by Crippen LogP contribution is 2.24. The van der Waals surface area contributed by atoms with Gasteiger partial charge < -0.3 is 0 Å². The van der Waals surface area contributed by atoms with Gasteiger partial charge in [-0.3, -0.25) is 20.4 Å². The number of hydrogen-bond donors (Lipinski definition) is 2. The predicted octanol–water partition coefficient (Wildman–Crippen LogP) is 5.03. The number of halogens is 2. The number of carbonyl (C=O) groups excluding carboxylic acids is 2. The molecule has 0 spiro atoms. The van der Waals surface area contributed by atoms with Crippen LogP contribution in [0, 0.1) is 13.8 Å². The summed E-state index contributed by atoms with van der Waals surface area (Å²) in [7, 11) is 0. The van der Waals surface area contributed by atoms with Gasteiger partial charge in [0.2, 0.25) is 0 Å². The van der Waals surface area contributed by atoms with Gasteiger partial charge in [0.25, 0.3) is 5.91 Å². The maximum atomic E-state index is 12.2. The van der Waals surface area contributed by atoms with Crippen LogP contribution in [0.25, 0.3) is 11.3 Å². The molecule has 0 aliphatic rings. The van der Waals surface area contributed by atoms with Crippen molar-refractivity contribution in [3.05, 3.63) is 75.5 Å². The maximum absolute atomic E-state index is 12.2. The summed E-state index contributed by atoms with van der Waals surface area (Å²) in [5, 5.41) is 4.91. The summed E-state index contributed by atoms with van der Waals surface area (Å²) in [5.74, 6) is -0.517. The third kappa shape index (κ3) is 4.47. The number of aromatic nitrogens is 2. The molecule has 0 aliphatic heterocycles. The molecule has 0 unspecified atom stereocenters. The molecule has 8 heteroatoms. The monoisotopic (exact) mass is 414 g/mol. The number of benzene rings is 2. The topological polar surface area (TPSA) is 84.0 Å². The number of aryl methyl sites for hydroxylation is 2. The Hall–Kier alpha value is -2.96. The van der Waals surface area contributed by atoms with E-state index in [0.29, 0.717) is 5.69 Å². The van der Waals surface area contributed by atoms with Crippen molar-refractivity contribution < 1.29 is 9.59 Å². The van der Waals surface area contributed by atoms with Crippen LogP contribution >= 0.6 is 23.2 Å². The first-order valence-electron chi connectivity index (χ1n) is 8.31. The Bertz CT molecular complexity index is 1030. The van der Waals surface area contributed by atoms with E-state index < -0.39 is 11.9 Å². The molecule has 0 aliphatic carbocycles. The minimum absolute atomic E-state index is 0.0252. The van der Waals surface area contributed by atoms with Crippen molar-refractivity contribution in [2.75, 3.05) is 5.32 Å². The normalized spacial score (nSPS) is 10.4. The lowest BCUT2D eigenvalue weighted by Gasteiger charge is -2.09. The number of hydrogen-bond acceptors (Lipinski definition) is 4. The van der Waals surface area contributed by atoms with Crippen molar-refractivity contribution in [2.24, 2.45) is 0 Å². The van der Waals surface area contributed by atoms with Gasteiger partial charge in [0, 0.05) is 5.56 Å². The maximum Gasteiger partial charge on any atom is 0.327 e. The smallest absolute Gasteiger partial charge is 0.291 e. The van der Waals surface area contributed by atoms with Crippen LogP contribution in [-0.2, 0) is 0 Å². The molecule has 142 valence electrons. The van der Waals surface area contributed by atoms with Gasteiger partial charge in [0.15, 0.2) is 5.82 Å². The molecular formula is C20H16Cl2N4O2. The number of nitrogens with one attached hydrogen (secondary N) is 2. The number of imide groups is 1. The van der Waals surface area contributed by atoms with Gasteiger partial charge in [-0.1, -0.05) is 53.0 Å². The van der Waals surface area contributed by atoms with Crippen LogP contribution in [0.3, 0.4) is 0 Å². The Morgan fingerprint density at radius 1 is 0.964 bits per heavy atom. The number of nitrogens with zero attached hydrogens (tertiary/aromatic N) is 2. The number of rotatable bonds is 3.